The number of hydrogen-bond acceptors (Lipinski definition) is 4. The van der Waals surface area contributed by atoms with E-state index in [1.165, 1.54) is 19.0 Å². The Morgan fingerprint density at radius 2 is 2.00 bits per heavy atom. The highest BCUT2D eigenvalue weighted by molar-refractivity contribution is 5.87. The minimum absolute atomic E-state index is 0.0495. The largest absolute Gasteiger partial charge is 0.355 e. The van der Waals surface area contributed by atoms with Gasteiger partial charge in [-0.3, -0.25) is 9.78 Å². The van der Waals surface area contributed by atoms with Crippen LogP contribution in [0.2, 0.25) is 0 Å². The first-order valence-corrected chi connectivity index (χ1v) is 8.12. The van der Waals surface area contributed by atoms with Gasteiger partial charge in [-0.15, -0.1) is 0 Å². The zero-order valence-corrected chi connectivity index (χ0v) is 13.9. The van der Waals surface area contributed by atoms with Crippen molar-refractivity contribution < 1.29 is 4.79 Å². The van der Waals surface area contributed by atoms with Gasteiger partial charge in [0.05, 0.1) is 23.5 Å². The van der Waals surface area contributed by atoms with Crippen LogP contribution in [0.3, 0.4) is 0 Å². The van der Waals surface area contributed by atoms with Crippen molar-refractivity contribution in [3.8, 4) is 17.3 Å². The van der Waals surface area contributed by atoms with Crippen molar-refractivity contribution in [1.29, 1.82) is 5.26 Å². The van der Waals surface area contributed by atoms with Gasteiger partial charge >= 0.3 is 0 Å². The number of nitrogens with one attached hydrogen (secondary N) is 1. The van der Waals surface area contributed by atoms with Gasteiger partial charge in [-0.25, -0.2) is 4.98 Å². The molecule has 0 unspecified atom stereocenters. The van der Waals surface area contributed by atoms with Crippen LogP contribution >= 0.6 is 0 Å². The Morgan fingerprint density at radius 1 is 1.29 bits per heavy atom. The maximum absolute atomic E-state index is 12.5. The van der Waals surface area contributed by atoms with Gasteiger partial charge in [-0.1, -0.05) is 24.3 Å². The Morgan fingerprint density at radius 3 is 2.62 bits per heavy atom. The van der Waals surface area contributed by atoms with Crippen molar-refractivity contribution >= 4 is 5.91 Å². The number of benzene rings is 1. The highest BCUT2D eigenvalue weighted by Crippen LogP contribution is 2.29. The lowest BCUT2D eigenvalue weighted by molar-refractivity contribution is -0.125. The van der Waals surface area contributed by atoms with Crippen LogP contribution in [0.4, 0.5) is 0 Å². The number of nitriles is 1. The summed E-state index contributed by atoms with van der Waals surface area (Å²) in [5.41, 5.74) is 2.17. The van der Waals surface area contributed by atoms with Crippen molar-refractivity contribution in [1.82, 2.24) is 15.3 Å². The van der Waals surface area contributed by atoms with E-state index in [4.69, 9.17) is 5.26 Å². The molecule has 1 fully saturated rings. The summed E-state index contributed by atoms with van der Waals surface area (Å²) in [5.74, 6) is 0.714. The van der Waals surface area contributed by atoms with Gasteiger partial charge in [0.1, 0.15) is 6.07 Å². The predicted octanol–water partition coefficient (Wildman–Crippen LogP) is 2.82. The smallest absolute Gasteiger partial charge is 0.230 e. The molecule has 5 nitrogen and oxygen atoms in total. The summed E-state index contributed by atoms with van der Waals surface area (Å²) >= 11 is 0. The lowest BCUT2D eigenvalue weighted by atomic mass is 9.83. The number of rotatable bonds is 5. The van der Waals surface area contributed by atoms with Crippen molar-refractivity contribution in [2.24, 2.45) is 5.92 Å². The summed E-state index contributed by atoms with van der Waals surface area (Å²) in [7, 11) is 0. The van der Waals surface area contributed by atoms with Crippen molar-refractivity contribution in [3.63, 3.8) is 0 Å². The molecule has 0 bridgehead atoms. The quantitative estimate of drug-likeness (QED) is 0.919. The van der Waals surface area contributed by atoms with Gasteiger partial charge in [-0.05, 0) is 38.2 Å². The van der Waals surface area contributed by atoms with E-state index in [9.17, 15) is 4.79 Å². The lowest BCUT2D eigenvalue weighted by Crippen LogP contribution is -2.40. The van der Waals surface area contributed by atoms with Gasteiger partial charge in [0.25, 0.3) is 0 Å². The summed E-state index contributed by atoms with van der Waals surface area (Å²) in [6.45, 7) is 4.64. The molecule has 1 aromatic carbocycles. The van der Waals surface area contributed by atoms with Crippen LogP contribution in [0.5, 0.6) is 0 Å². The molecule has 2 aromatic rings. The SMILES string of the molecule is CC(C)(C(=O)NCC1CC1)c1ccc(-c2cncc(C#N)n2)cc1. The Kier molecular flexibility index (Phi) is 4.30. The van der Waals surface area contributed by atoms with Crippen LogP contribution in [0.25, 0.3) is 11.3 Å². The van der Waals surface area contributed by atoms with Crippen LogP contribution in [0, 0.1) is 17.2 Å². The Balaban J connectivity index is 1.77. The molecule has 1 aliphatic carbocycles. The Labute approximate surface area is 141 Å². The predicted molar refractivity (Wildman–Crippen MR) is 90.9 cm³/mol. The monoisotopic (exact) mass is 320 g/mol. The normalized spacial score (nSPS) is 14.0. The van der Waals surface area contributed by atoms with Crippen molar-refractivity contribution in [2.75, 3.05) is 6.54 Å². The highest BCUT2D eigenvalue weighted by atomic mass is 16.2. The first kappa shape index (κ1) is 16.1. The number of carbonyl (C=O) groups excluding carboxylic acids is 1. The maximum Gasteiger partial charge on any atom is 0.230 e. The number of nitrogens with zero attached hydrogens (tertiary/aromatic N) is 3. The van der Waals surface area contributed by atoms with Crippen LogP contribution < -0.4 is 5.32 Å². The van der Waals surface area contributed by atoms with E-state index >= 15 is 0 Å². The van der Waals surface area contributed by atoms with E-state index in [1.807, 2.05) is 44.2 Å². The third-order valence-corrected chi connectivity index (χ3v) is 4.47. The van der Waals surface area contributed by atoms with E-state index in [0.717, 1.165) is 17.7 Å². The van der Waals surface area contributed by atoms with Gasteiger partial charge in [-0.2, -0.15) is 5.26 Å². The molecule has 0 radical (unpaired) electrons. The molecule has 0 spiro atoms. The second kappa shape index (κ2) is 6.40. The number of amides is 1. The topological polar surface area (TPSA) is 78.7 Å². The fraction of sp³-hybridized carbons (Fsp3) is 0.368. The van der Waals surface area contributed by atoms with Crippen LogP contribution in [0.15, 0.2) is 36.7 Å². The lowest BCUT2D eigenvalue weighted by Gasteiger charge is -2.24. The molecule has 1 saturated carbocycles. The van der Waals surface area contributed by atoms with Crippen molar-refractivity contribution in [2.45, 2.75) is 32.1 Å². The molecular formula is C19H20N4O. The average molecular weight is 320 g/mol. The van der Waals surface area contributed by atoms with E-state index in [0.29, 0.717) is 11.6 Å². The van der Waals surface area contributed by atoms with Crippen LogP contribution in [0.1, 0.15) is 37.9 Å². The molecule has 1 heterocycles. The molecule has 1 amide bonds. The maximum atomic E-state index is 12.5. The summed E-state index contributed by atoms with van der Waals surface area (Å²) in [6, 6.07) is 9.69. The van der Waals surface area contributed by atoms with E-state index in [1.54, 1.807) is 6.20 Å². The van der Waals surface area contributed by atoms with E-state index in [2.05, 4.69) is 15.3 Å². The van der Waals surface area contributed by atoms with E-state index < -0.39 is 5.41 Å². The van der Waals surface area contributed by atoms with Gasteiger partial charge in [0.2, 0.25) is 5.91 Å². The number of hydrogen-bond donors (Lipinski definition) is 1. The molecule has 0 atom stereocenters. The van der Waals surface area contributed by atoms with Gasteiger partial charge in [0.15, 0.2) is 5.69 Å². The fourth-order valence-electron chi connectivity index (χ4n) is 2.53. The molecule has 0 aliphatic heterocycles. The minimum atomic E-state index is -0.590. The first-order valence-electron chi connectivity index (χ1n) is 8.12. The molecule has 1 N–H and O–H groups in total. The first-order chi connectivity index (χ1) is 11.5. The molecular weight excluding hydrogens is 300 g/mol. The molecule has 0 saturated heterocycles. The number of aromatic nitrogens is 2. The summed E-state index contributed by atoms with van der Waals surface area (Å²) in [4.78, 5) is 20.7. The van der Waals surface area contributed by atoms with Crippen LogP contribution in [-0.2, 0) is 10.2 Å². The minimum Gasteiger partial charge on any atom is -0.355 e. The molecule has 1 aliphatic rings. The third kappa shape index (κ3) is 3.43. The average Bonchev–Trinajstić information content (AvgIpc) is 3.44. The van der Waals surface area contributed by atoms with Gasteiger partial charge in [0, 0.05) is 12.1 Å². The van der Waals surface area contributed by atoms with Crippen LogP contribution in [-0.4, -0.2) is 22.4 Å². The zero-order valence-electron chi connectivity index (χ0n) is 13.9. The standard InChI is InChI=1S/C19H20N4O/c1-19(2,18(24)22-10-13-3-4-13)15-7-5-14(6-8-15)17-12-21-11-16(9-20)23-17/h5-8,11-13H,3-4,10H2,1-2H3,(H,22,24). The van der Waals surface area contributed by atoms with Crippen molar-refractivity contribution in [3.05, 3.63) is 47.9 Å². The molecule has 24 heavy (non-hydrogen) atoms. The fourth-order valence-corrected chi connectivity index (χ4v) is 2.53. The second-order valence-electron chi connectivity index (χ2n) is 6.76. The summed E-state index contributed by atoms with van der Waals surface area (Å²) in [6.07, 6.45) is 5.50. The number of carbonyl (C=O) groups is 1. The Bertz CT molecular complexity index is 786. The zero-order chi connectivity index (χ0) is 17.2. The molecule has 5 heteroatoms. The summed E-state index contributed by atoms with van der Waals surface area (Å²) < 4.78 is 0. The molecule has 1 aromatic heterocycles. The van der Waals surface area contributed by atoms with E-state index in [-0.39, 0.29) is 11.6 Å². The summed E-state index contributed by atoms with van der Waals surface area (Å²) in [5, 5.41) is 12.0. The molecule has 3 rings (SSSR count). The third-order valence-electron chi connectivity index (χ3n) is 4.47. The highest BCUT2D eigenvalue weighted by Gasteiger charge is 2.31. The Hall–Kier alpha value is -2.74. The van der Waals surface area contributed by atoms with Gasteiger partial charge < -0.3 is 5.32 Å². The molecule has 122 valence electrons. The second-order valence-corrected chi connectivity index (χ2v) is 6.76.